The van der Waals surface area contributed by atoms with Crippen molar-refractivity contribution in [2.75, 3.05) is 20.7 Å². The standard InChI is InChI=1S/C18H28FNO/c1-20(2)18(16-6-3-7-17(19)13-16)15-10-8-14(9-11-15)5-4-12-21/h3,6-7,13-15,18,21H,4-5,8-12H2,1-2H3. The van der Waals surface area contributed by atoms with E-state index in [1.165, 1.54) is 31.7 Å². The molecule has 2 rings (SSSR count). The zero-order chi connectivity index (χ0) is 15.2. The van der Waals surface area contributed by atoms with E-state index in [2.05, 4.69) is 19.0 Å². The highest BCUT2D eigenvalue weighted by Crippen LogP contribution is 2.40. The summed E-state index contributed by atoms with van der Waals surface area (Å²) in [6, 6.07) is 7.36. The molecule has 0 spiro atoms. The molecule has 1 unspecified atom stereocenters. The van der Waals surface area contributed by atoms with Crippen molar-refractivity contribution < 1.29 is 9.50 Å². The van der Waals surface area contributed by atoms with Gasteiger partial charge in [-0.25, -0.2) is 4.39 Å². The van der Waals surface area contributed by atoms with Crippen LogP contribution in [0.3, 0.4) is 0 Å². The maximum Gasteiger partial charge on any atom is 0.123 e. The highest BCUT2D eigenvalue weighted by molar-refractivity contribution is 5.21. The van der Waals surface area contributed by atoms with Crippen molar-refractivity contribution >= 4 is 0 Å². The van der Waals surface area contributed by atoms with Gasteiger partial charge in [-0.05, 0) is 69.3 Å². The van der Waals surface area contributed by atoms with Crippen molar-refractivity contribution in [3.05, 3.63) is 35.6 Å². The zero-order valence-electron chi connectivity index (χ0n) is 13.3. The molecule has 21 heavy (non-hydrogen) atoms. The molecule has 0 radical (unpaired) electrons. The minimum Gasteiger partial charge on any atom is -0.396 e. The lowest BCUT2D eigenvalue weighted by Crippen LogP contribution is -2.30. The number of aliphatic hydroxyl groups is 1. The summed E-state index contributed by atoms with van der Waals surface area (Å²) in [5, 5.41) is 8.94. The Balaban J connectivity index is 2.01. The van der Waals surface area contributed by atoms with Crippen LogP contribution in [0.2, 0.25) is 0 Å². The molecule has 1 aliphatic rings. The summed E-state index contributed by atoms with van der Waals surface area (Å²) in [4.78, 5) is 2.23. The van der Waals surface area contributed by atoms with E-state index in [4.69, 9.17) is 5.11 Å². The Labute approximate surface area is 128 Å². The Bertz CT molecular complexity index is 427. The molecule has 1 aromatic rings. The zero-order valence-corrected chi connectivity index (χ0v) is 13.3. The normalized spacial score (nSPS) is 24.2. The van der Waals surface area contributed by atoms with Crippen molar-refractivity contribution in [1.29, 1.82) is 0 Å². The average molecular weight is 293 g/mol. The SMILES string of the molecule is CN(C)C(c1cccc(F)c1)C1CCC(CCCO)CC1. The first-order valence-corrected chi connectivity index (χ1v) is 8.14. The number of halogens is 1. The number of aliphatic hydroxyl groups excluding tert-OH is 1. The Kier molecular flexibility index (Phi) is 6.19. The second-order valence-electron chi connectivity index (χ2n) is 6.61. The van der Waals surface area contributed by atoms with Gasteiger partial charge in [0.05, 0.1) is 0 Å². The molecule has 1 aromatic carbocycles. The quantitative estimate of drug-likeness (QED) is 0.856. The second kappa shape index (κ2) is 7.90. The van der Waals surface area contributed by atoms with Crippen LogP contribution in [0.25, 0.3) is 0 Å². The van der Waals surface area contributed by atoms with Gasteiger partial charge in [0.25, 0.3) is 0 Å². The van der Waals surface area contributed by atoms with Crippen molar-refractivity contribution in [1.82, 2.24) is 4.90 Å². The second-order valence-corrected chi connectivity index (χ2v) is 6.61. The molecule has 0 bridgehead atoms. The number of benzene rings is 1. The molecule has 1 atom stereocenters. The van der Waals surface area contributed by atoms with Gasteiger partial charge in [-0.3, -0.25) is 0 Å². The maximum atomic E-state index is 13.5. The van der Waals surface area contributed by atoms with E-state index in [1.807, 2.05) is 12.1 Å². The average Bonchev–Trinajstić information content (AvgIpc) is 2.46. The molecule has 0 amide bonds. The molecule has 1 aliphatic carbocycles. The first kappa shape index (κ1) is 16.4. The Morgan fingerprint density at radius 1 is 1.24 bits per heavy atom. The van der Waals surface area contributed by atoms with E-state index >= 15 is 0 Å². The number of hydrogen-bond acceptors (Lipinski definition) is 2. The maximum absolute atomic E-state index is 13.5. The van der Waals surface area contributed by atoms with Crippen molar-refractivity contribution in [2.24, 2.45) is 11.8 Å². The summed E-state index contributed by atoms with van der Waals surface area (Å²) < 4.78 is 13.5. The topological polar surface area (TPSA) is 23.5 Å². The van der Waals surface area contributed by atoms with Gasteiger partial charge in [-0.1, -0.05) is 25.0 Å². The smallest absolute Gasteiger partial charge is 0.123 e. The van der Waals surface area contributed by atoms with E-state index in [-0.39, 0.29) is 5.82 Å². The third kappa shape index (κ3) is 4.52. The van der Waals surface area contributed by atoms with Gasteiger partial charge < -0.3 is 10.0 Å². The third-order valence-corrected chi connectivity index (χ3v) is 4.85. The molecule has 118 valence electrons. The fourth-order valence-electron chi connectivity index (χ4n) is 3.86. The lowest BCUT2D eigenvalue weighted by atomic mass is 9.75. The third-order valence-electron chi connectivity index (χ3n) is 4.85. The molecule has 1 saturated carbocycles. The molecule has 1 fully saturated rings. The molecule has 0 aromatic heterocycles. The minimum atomic E-state index is -0.143. The molecule has 0 aliphatic heterocycles. The van der Waals surface area contributed by atoms with Crippen LogP contribution in [0.1, 0.15) is 50.1 Å². The number of nitrogens with zero attached hydrogens (tertiary/aromatic N) is 1. The summed E-state index contributed by atoms with van der Waals surface area (Å²) in [6.07, 6.45) is 6.96. The summed E-state index contributed by atoms with van der Waals surface area (Å²) >= 11 is 0. The van der Waals surface area contributed by atoms with E-state index in [1.54, 1.807) is 6.07 Å². The summed E-state index contributed by atoms with van der Waals surface area (Å²) in [5.41, 5.74) is 1.10. The number of hydrogen-bond donors (Lipinski definition) is 1. The molecule has 0 saturated heterocycles. The molecule has 0 heterocycles. The van der Waals surface area contributed by atoms with Crippen molar-refractivity contribution in [3.8, 4) is 0 Å². The fraction of sp³-hybridized carbons (Fsp3) is 0.667. The summed E-state index contributed by atoms with van der Waals surface area (Å²) in [5.74, 6) is 1.23. The first-order valence-electron chi connectivity index (χ1n) is 8.14. The predicted molar refractivity (Wildman–Crippen MR) is 84.6 cm³/mol. The summed E-state index contributed by atoms with van der Waals surface area (Å²) in [6.45, 7) is 0.309. The predicted octanol–water partition coefficient (Wildman–Crippen LogP) is 4.01. The van der Waals surface area contributed by atoms with Crippen LogP contribution in [0.5, 0.6) is 0 Å². The highest BCUT2D eigenvalue weighted by atomic mass is 19.1. The van der Waals surface area contributed by atoms with Crippen LogP contribution in [0.15, 0.2) is 24.3 Å². The van der Waals surface area contributed by atoms with Gasteiger partial charge in [-0.15, -0.1) is 0 Å². The fourth-order valence-corrected chi connectivity index (χ4v) is 3.86. The van der Waals surface area contributed by atoms with Gasteiger partial charge in [-0.2, -0.15) is 0 Å². The molecular weight excluding hydrogens is 265 g/mol. The van der Waals surface area contributed by atoms with Crippen LogP contribution >= 0.6 is 0 Å². The lowest BCUT2D eigenvalue weighted by molar-refractivity contribution is 0.142. The largest absolute Gasteiger partial charge is 0.396 e. The lowest BCUT2D eigenvalue weighted by Gasteiger charge is -2.37. The van der Waals surface area contributed by atoms with Gasteiger partial charge in [0.1, 0.15) is 5.82 Å². The molecule has 3 heteroatoms. The van der Waals surface area contributed by atoms with Gasteiger partial charge in [0.2, 0.25) is 0 Å². The van der Waals surface area contributed by atoms with Crippen LogP contribution in [0.4, 0.5) is 4.39 Å². The monoisotopic (exact) mass is 293 g/mol. The molecule has 1 N–H and O–H groups in total. The van der Waals surface area contributed by atoms with E-state index < -0.39 is 0 Å². The van der Waals surface area contributed by atoms with Crippen LogP contribution < -0.4 is 0 Å². The van der Waals surface area contributed by atoms with E-state index in [9.17, 15) is 4.39 Å². The summed E-state index contributed by atoms with van der Waals surface area (Å²) in [7, 11) is 4.18. The Morgan fingerprint density at radius 3 is 2.52 bits per heavy atom. The molecular formula is C18H28FNO. The van der Waals surface area contributed by atoms with Crippen LogP contribution in [-0.2, 0) is 0 Å². The van der Waals surface area contributed by atoms with Gasteiger partial charge >= 0.3 is 0 Å². The van der Waals surface area contributed by atoms with E-state index in [0.717, 1.165) is 24.3 Å². The van der Waals surface area contributed by atoms with Gasteiger partial charge in [0, 0.05) is 12.6 Å². The van der Waals surface area contributed by atoms with Crippen LogP contribution in [0, 0.1) is 17.7 Å². The van der Waals surface area contributed by atoms with Crippen LogP contribution in [-0.4, -0.2) is 30.7 Å². The molecule has 2 nitrogen and oxygen atoms in total. The number of rotatable bonds is 6. The van der Waals surface area contributed by atoms with Crippen molar-refractivity contribution in [2.45, 2.75) is 44.6 Å². The minimum absolute atomic E-state index is 0.143. The van der Waals surface area contributed by atoms with E-state index in [0.29, 0.717) is 18.6 Å². The first-order chi connectivity index (χ1) is 10.1. The van der Waals surface area contributed by atoms with Crippen molar-refractivity contribution in [3.63, 3.8) is 0 Å². The van der Waals surface area contributed by atoms with Gasteiger partial charge in [0.15, 0.2) is 0 Å². The Morgan fingerprint density at radius 2 is 1.95 bits per heavy atom. The highest BCUT2D eigenvalue weighted by Gasteiger charge is 2.29. The Hall–Kier alpha value is -0.930.